The van der Waals surface area contributed by atoms with Crippen molar-refractivity contribution >= 4 is 33.9 Å². The van der Waals surface area contributed by atoms with Crippen LogP contribution in [0.4, 0.5) is 5.00 Å². The van der Waals surface area contributed by atoms with Crippen LogP contribution < -0.4 is 5.32 Å². The zero-order chi connectivity index (χ0) is 23.1. The lowest BCUT2D eigenvalue weighted by Gasteiger charge is -2.12. The molecule has 10 heteroatoms. The first-order valence-corrected chi connectivity index (χ1v) is 11.8. The van der Waals surface area contributed by atoms with Crippen LogP contribution in [-0.2, 0) is 24.6 Å². The summed E-state index contributed by atoms with van der Waals surface area (Å²) in [5.41, 5.74) is 4.95. The summed E-state index contributed by atoms with van der Waals surface area (Å²) in [6.07, 6.45) is 7.30. The van der Waals surface area contributed by atoms with E-state index in [0.717, 1.165) is 53.1 Å². The molecule has 0 saturated carbocycles. The second kappa shape index (κ2) is 8.43. The van der Waals surface area contributed by atoms with Crippen molar-refractivity contribution in [1.29, 1.82) is 0 Å². The van der Waals surface area contributed by atoms with Gasteiger partial charge in [0.15, 0.2) is 11.3 Å². The molecule has 4 aromatic rings. The maximum absolute atomic E-state index is 13.2. The Bertz CT molecular complexity index is 1380. The minimum absolute atomic E-state index is 0.220. The van der Waals surface area contributed by atoms with E-state index in [9.17, 15) is 9.59 Å². The molecule has 1 aliphatic rings. The largest absolute Gasteiger partial charge is 0.462 e. The number of esters is 1. The van der Waals surface area contributed by atoms with Gasteiger partial charge in [0.1, 0.15) is 5.00 Å². The Morgan fingerprint density at radius 3 is 2.85 bits per heavy atom. The predicted molar refractivity (Wildman–Crippen MR) is 125 cm³/mol. The van der Waals surface area contributed by atoms with E-state index in [4.69, 9.17) is 4.74 Å². The van der Waals surface area contributed by atoms with Crippen molar-refractivity contribution in [2.75, 3.05) is 11.9 Å². The Kier molecular flexibility index (Phi) is 5.45. The van der Waals surface area contributed by atoms with Crippen LogP contribution in [0.3, 0.4) is 0 Å². The second-order valence-electron chi connectivity index (χ2n) is 7.99. The zero-order valence-corrected chi connectivity index (χ0v) is 19.5. The van der Waals surface area contributed by atoms with E-state index in [1.165, 1.54) is 11.3 Å². The Morgan fingerprint density at radius 2 is 2.09 bits per heavy atom. The lowest BCUT2D eigenvalue weighted by molar-refractivity contribution is 0.0526. The zero-order valence-electron chi connectivity index (χ0n) is 18.7. The molecule has 1 amide bonds. The highest BCUT2D eigenvalue weighted by Crippen LogP contribution is 2.38. The molecular formula is C23H24N6O3S. The Labute approximate surface area is 194 Å². The molecule has 4 heterocycles. The van der Waals surface area contributed by atoms with E-state index in [1.807, 2.05) is 20.0 Å². The SMILES string of the molecule is CCOC(=O)c1c(NC(=O)c2cc3nccc(-c4cnn(C)c4C)n3n2)sc2c1CCCC2. The Morgan fingerprint density at radius 1 is 1.27 bits per heavy atom. The van der Waals surface area contributed by atoms with Gasteiger partial charge in [-0.3, -0.25) is 9.48 Å². The van der Waals surface area contributed by atoms with Crippen molar-refractivity contribution in [3.8, 4) is 11.3 Å². The molecule has 170 valence electrons. The van der Waals surface area contributed by atoms with Gasteiger partial charge in [0.2, 0.25) is 0 Å². The maximum Gasteiger partial charge on any atom is 0.341 e. The molecule has 1 N–H and O–H groups in total. The fourth-order valence-electron chi connectivity index (χ4n) is 4.20. The number of rotatable bonds is 5. The van der Waals surface area contributed by atoms with Crippen LogP contribution >= 0.6 is 11.3 Å². The predicted octanol–water partition coefficient (Wildman–Crippen LogP) is 3.81. The number of anilines is 1. The third kappa shape index (κ3) is 3.70. The fraction of sp³-hybridized carbons (Fsp3) is 0.348. The summed E-state index contributed by atoms with van der Waals surface area (Å²) in [4.78, 5) is 31.4. The van der Waals surface area contributed by atoms with Gasteiger partial charge in [-0.2, -0.15) is 10.2 Å². The van der Waals surface area contributed by atoms with Crippen LogP contribution in [0.15, 0.2) is 24.5 Å². The van der Waals surface area contributed by atoms with Crippen LogP contribution in [-0.4, -0.2) is 42.9 Å². The average molecular weight is 465 g/mol. The number of hydrogen-bond acceptors (Lipinski definition) is 7. The number of fused-ring (bicyclic) bond motifs is 2. The van der Waals surface area contributed by atoms with Gasteiger partial charge in [-0.15, -0.1) is 11.3 Å². The van der Waals surface area contributed by atoms with Gasteiger partial charge < -0.3 is 10.1 Å². The van der Waals surface area contributed by atoms with Crippen LogP contribution in [0.5, 0.6) is 0 Å². The highest BCUT2D eigenvalue weighted by Gasteiger charge is 2.28. The molecular weight excluding hydrogens is 440 g/mol. The molecule has 0 fully saturated rings. The number of aromatic nitrogens is 5. The van der Waals surface area contributed by atoms with E-state index in [1.54, 1.807) is 34.6 Å². The van der Waals surface area contributed by atoms with Gasteiger partial charge in [0.25, 0.3) is 5.91 Å². The first-order valence-electron chi connectivity index (χ1n) is 10.9. The molecule has 0 unspecified atom stereocenters. The van der Waals surface area contributed by atoms with Crippen molar-refractivity contribution in [3.63, 3.8) is 0 Å². The third-order valence-corrected chi connectivity index (χ3v) is 7.19. The number of amides is 1. The topological polar surface area (TPSA) is 103 Å². The fourth-order valence-corrected chi connectivity index (χ4v) is 5.47. The van der Waals surface area contributed by atoms with Crippen molar-refractivity contribution in [1.82, 2.24) is 24.4 Å². The molecule has 0 aliphatic heterocycles. The third-order valence-electron chi connectivity index (χ3n) is 5.98. The van der Waals surface area contributed by atoms with E-state index in [-0.39, 0.29) is 12.3 Å². The van der Waals surface area contributed by atoms with Gasteiger partial charge in [-0.05, 0) is 51.2 Å². The van der Waals surface area contributed by atoms with Gasteiger partial charge in [0, 0.05) is 35.4 Å². The molecule has 4 aromatic heterocycles. The molecule has 0 radical (unpaired) electrons. The van der Waals surface area contributed by atoms with E-state index >= 15 is 0 Å². The lowest BCUT2D eigenvalue weighted by atomic mass is 9.95. The van der Waals surface area contributed by atoms with Crippen molar-refractivity contribution in [2.45, 2.75) is 39.5 Å². The van der Waals surface area contributed by atoms with Gasteiger partial charge >= 0.3 is 5.97 Å². The molecule has 1 aliphatic carbocycles. The molecule has 0 aromatic carbocycles. The van der Waals surface area contributed by atoms with Crippen LogP contribution in [0.2, 0.25) is 0 Å². The quantitative estimate of drug-likeness (QED) is 0.451. The number of hydrogen-bond donors (Lipinski definition) is 1. The number of nitrogens with zero attached hydrogens (tertiary/aromatic N) is 5. The van der Waals surface area contributed by atoms with Crippen LogP contribution in [0.1, 0.15) is 56.7 Å². The maximum atomic E-state index is 13.2. The minimum Gasteiger partial charge on any atom is -0.462 e. The first-order chi connectivity index (χ1) is 16.0. The number of aryl methyl sites for hydroxylation is 2. The highest BCUT2D eigenvalue weighted by molar-refractivity contribution is 7.17. The summed E-state index contributed by atoms with van der Waals surface area (Å²) in [6.45, 7) is 4.03. The minimum atomic E-state index is -0.391. The van der Waals surface area contributed by atoms with Crippen LogP contribution in [0, 0.1) is 6.92 Å². The summed E-state index contributed by atoms with van der Waals surface area (Å²) in [6, 6.07) is 3.49. The Balaban J connectivity index is 1.51. The van der Waals surface area contributed by atoms with Gasteiger partial charge in [-0.1, -0.05) is 0 Å². The molecule has 0 saturated heterocycles. The summed E-state index contributed by atoms with van der Waals surface area (Å²) < 4.78 is 8.71. The van der Waals surface area contributed by atoms with E-state index in [0.29, 0.717) is 16.2 Å². The first kappa shape index (κ1) is 21.3. The molecule has 9 nitrogen and oxygen atoms in total. The van der Waals surface area contributed by atoms with Gasteiger partial charge in [0.05, 0.1) is 24.1 Å². The molecule has 33 heavy (non-hydrogen) atoms. The summed E-state index contributed by atoms with van der Waals surface area (Å²) in [5, 5.41) is 12.3. The number of nitrogens with one attached hydrogen (secondary N) is 1. The van der Waals surface area contributed by atoms with E-state index in [2.05, 4.69) is 20.5 Å². The smallest absolute Gasteiger partial charge is 0.341 e. The average Bonchev–Trinajstić information content (AvgIpc) is 3.49. The number of carbonyl (C=O) groups excluding carboxylic acids is 2. The normalized spacial score (nSPS) is 13.2. The summed E-state index contributed by atoms with van der Waals surface area (Å²) in [7, 11) is 1.88. The summed E-state index contributed by atoms with van der Waals surface area (Å²) in [5.74, 6) is -0.781. The number of thiophene rings is 1. The lowest BCUT2D eigenvalue weighted by Crippen LogP contribution is -2.16. The molecule has 0 spiro atoms. The van der Waals surface area contributed by atoms with Crippen molar-refractivity contribution < 1.29 is 14.3 Å². The standard InChI is InChI=1S/C23H24N6O3S/c1-4-32-23(31)20-14-7-5-6-8-18(14)33-22(20)26-21(30)16-11-19-24-10-9-17(29(19)27-16)15-12-25-28(3)13(15)2/h9-12H,4-8H2,1-3H3,(H,26,30). The number of ether oxygens (including phenoxy) is 1. The molecule has 5 rings (SSSR count). The van der Waals surface area contributed by atoms with Crippen LogP contribution in [0.25, 0.3) is 16.9 Å². The van der Waals surface area contributed by atoms with Gasteiger partial charge in [-0.25, -0.2) is 14.3 Å². The second-order valence-corrected chi connectivity index (χ2v) is 9.09. The van der Waals surface area contributed by atoms with Crippen molar-refractivity contribution in [2.24, 2.45) is 7.05 Å². The molecule has 0 atom stereocenters. The van der Waals surface area contributed by atoms with Crippen molar-refractivity contribution in [3.05, 3.63) is 51.9 Å². The monoisotopic (exact) mass is 464 g/mol. The Hall–Kier alpha value is -3.53. The van der Waals surface area contributed by atoms with E-state index < -0.39 is 11.9 Å². The number of carbonyl (C=O) groups is 2. The molecule has 0 bridgehead atoms. The summed E-state index contributed by atoms with van der Waals surface area (Å²) >= 11 is 1.46. The highest BCUT2D eigenvalue weighted by atomic mass is 32.1.